The molecule has 0 bridgehead atoms. The van der Waals surface area contributed by atoms with Crippen LogP contribution in [0, 0.1) is 5.92 Å². The van der Waals surface area contributed by atoms with E-state index in [2.05, 4.69) is 31.0 Å². The van der Waals surface area contributed by atoms with Crippen LogP contribution in [-0.4, -0.2) is 37.1 Å². The summed E-state index contributed by atoms with van der Waals surface area (Å²) in [7, 11) is 0. The third-order valence-electron chi connectivity index (χ3n) is 3.84. The maximum Gasteiger partial charge on any atom is 0.00507 e. The standard InChI is InChI=1S/C14H30N2/c1-4-6-14-8-11-16(12-9-14)10-7-13(3)15-5-2/h13-15H,4-12H2,1-3H3. The van der Waals surface area contributed by atoms with E-state index in [1.54, 1.807) is 0 Å². The summed E-state index contributed by atoms with van der Waals surface area (Å²) < 4.78 is 0. The number of nitrogens with one attached hydrogen (secondary N) is 1. The van der Waals surface area contributed by atoms with Crippen LogP contribution < -0.4 is 5.32 Å². The van der Waals surface area contributed by atoms with Gasteiger partial charge in [0.25, 0.3) is 0 Å². The molecule has 0 aromatic carbocycles. The zero-order chi connectivity index (χ0) is 11.8. The van der Waals surface area contributed by atoms with Crippen molar-refractivity contribution in [3.05, 3.63) is 0 Å². The summed E-state index contributed by atoms with van der Waals surface area (Å²) in [6.07, 6.45) is 6.98. The highest BCUT2D eigenvalue weighted by molar-refractivity contribution is 4.73. The van der Waals surface area contributed by atoms with Crippen LogP contribution in [0.15, 0.2) is 0 Å². The lowest BCUT2D eigenvalue weighted by molar-refractivity contribution is 0.172. The van der Waals surface area contributed by atoms with E-state index < -0.39 is 0 Å². The van der Waals surface area contributed by atoms with Crippen LogP contribution in [0.3, 0.4) is 0 Å². The fraction of sp³-hybridized carbons (Fsp3) is 1.00. The minimum Gasteiger partial charge on any atom is -0.314 e. The maximum absolute atomic E-state index is 3.49. The smallest absolute Gasteiger partial charge is 0.00507 e. The van der Waals surface area contributed by atoms with Crippen LogP contribution in [0.4, 0.5) is 0 Å². The number of hydrogen-bond donors (Lipinski definition) is 1. The largest absolute Gasteiger partial charge is 0.314 e. The highest BCUT2D eigenvalue weighted by Crippen LogP contribution is 2.21. The molecule has 1 heterocycles. The highest BCUT2D eigenvalue weighted by Gasteiger charge is 2.18. The van der Waals surface area contributed by atoms with Gasteiger partial charge in [0, 0.05) is 6.04 Å². The van der Waals surface area contributed by atoms with Gasteiger partial charge in [-0.25, -0.2) is 0 Å². The fourth-order valence-corrected chi connectivity index (χ4v) is 2.73. The van der Waals surface area contributed by atoms with Crippen LogP contribution in [0.5, 0.6) is 0 Å². The van der Waals surface area contributed by atoms with Crippen molar-refractivity contribution in [1.29, 1.82) is 0 Å². The van der Waals surface area contributed by atoms with Crippen LogP contribution >= 0.6 is 0 Å². The molecular weight excluding hydrogens is 196 g/mol. The first-order chi connectivity index (χ1) is 7.76. The van der Waals surface area contributed by atoms with Gasteiger partial charge >= 0.3 is 0 Å². The second-order valence-corrected chi connectivity index (χ2v) is 5.32. The molecule has 96 valence electrons. The maximum atomic E-state index is 3.49. The molecule has 0 aromatic heterocycles. The first-order valence-corrected chi connectivity index (χ1v) is 7.22. The van der Waals surface area contributed by atoms with Crippen molar-refractivity contribution in [3.63, 3.8) is 0 Å². The van der Waals surface area contributed by atoms with Gasteiger partial charge in [-0.3, -0.25) is 0 Å². The number of nitrogens with zero attached hydrogens (tertiary/aromatic N) is 1. The Hall–Kier alpha value is -0.0800. The number of likely N-dealkylation sites (tertiary alicyclic amines) is 1. The van der Waals surface area contributed by atoms with Gasteiger partial charge in [0.05, 0.1) is 0 Å². The Morgan fingerprint density at radius 2 is 1.94 bits per heavy atom. The Balaban J connectivity index is 2.07. The summed E-state index contributed by atoms with van der Waals surface area (Å²) >= 11 is 0. The van der Waals surface area contributed by atoms with Gasteiger partial charge in [-0.2, -0.15) is 0 Å². The normalized spacial score (nSPS) is 21.2. The lowest BCUT2D eigenvalue weighted by atomic mass is 9.92. The van der Waals surface area contributed by atoms with Crippen LogP contribution in [-0.2, 0) is 0 Å². The topological polar surface area (TPSA) is 15.3 Å². The fourth-order valence-electron chi connectivity index (χ4n) is 2.73. The van der Waals surface area contributed by atoms with Crippen LogP contribution in [0.25, 0.3) is 0 Å². The van der Waals surface area contributed by atoms with Crippen LogP contribution in [0.1, 0.15) is 52.9 Å². The molecule has 1 aliphatic rings. The third kappa shape index (κ3) is 5.31. The molecule has 1 N–H and O–H groups in total. The Morgan fingerprint density at radius 3 is 2.50 bits per heavy atom. The van der Waals surface area contributed by atoms with E-state index in [1.807, 2.05) is 0 Å². The Kier molecular flexibility index (Phi) is 7.06. The monoisotopic (exact) mass is 226 g/mol. The average Bonchev–Trinajstić information content (AvgIpc) is 2.29. The quantitative estimate of drug-likeness (QED) is 0.718. The molecule has 2 heteroatoms. The van der Waals surface area contributed by atoms with Crippen molar-refractivity contribution >= 4 is 0 Å². The molecule has 1 unspecified atom stereocenters. The van der Waals surface area contributed by atoms with Crippen molar-refractivity contribution in [1.82, 2.24) is 10.2 Å². The van der Waals surface area contributed by atoms with Crippen molar-refractivity contribution in [2.24, 2.45) is 5.92 Å². The van der Waals surface area contributed by atoms with E-state index >= 15 is 0 Å². The summed E-state index contributed by atoms with van der Waals surface area (Å²) in [6.45, 7) is 11.9. The summed E-state index contributed by atoms with van der Waals surface area (Å²) in [5, 5.41) is 3.49. The second-order valence-electron chi connectivity index (χ2n) is 5.32. The molecule has 1 aliphatic heterocycles. The van der Waals surface area contributed by atoms with Gasteiger partial charge in [-0.05, 0) is 58.3 Å². The molecule has 1 fully saturated rings. The second kappa shape index (κ2) is 8.08. The minimum atomic E-state index is 0.679. The molecule has 2 nitrogen and oxygen atoms in total. The zero-order valence-electron chi connectivity index (χ0n) is 11.5. The zero-order valence-corrected chi connectivity index (χ0v) is 11.5. The number of hydrogen-bond acceptors (Lipinski definition) is 2. The van der Waals surface area contributed by atoms with E-state index in [0.717, 1.165) is 12.5 Å². The predicted molar refractivity (Wildman–Crippen MR) is 71.8 cm³/mol. The Morgan fingerprint density at radius 1 is 1.25 bits per heavy atom. The molecule has 1 rings (SSSR count). The number of rotatable bonds is 7. The van der Waals surface area contributed by atoms with E-state index in [9.17, 15) is 0 Å². The molecule has 0 amide bonds. The third-order valence-corrected chi connectivity index (χ3v) is 3.84. The lowest BCUT2D eigenvalue weighted by Gasteiger charge is -2.32. The van der Waals surface area contributed by atoms with E-state index in [1.165, 1.54) is 51.7 Å². The lowest BCUT2D eigenvalue weighted by Crippen LogP contribution is -2.37. The number of piperidine rings is 1. The van der Waals surface area contributed by atoms with Crippen molar-refractivity contribution in [2.75, 3.05) is 26.2 Å². The van der Waals surface area contributed by atoms with Gasteiger partial charge in [0.15, 0.2) is 0 Å². The van der Waals surface area contributed by atoms with Crippen LogP contribution in [0.2, 0.25) is 0 Å². The molecular formula is C14H30N2. The van der Waals surface area contributed by atoms with Gasteiger partial charge in [0.1, 0.15) is 0 Å². The minimum absolute atomic E-state index is 0.679. The van der Waals surface area contributed by atoms with Crippen molar-refractivity contribution in [2.45, 2.75) is 58.9 Å². The molecule has 1 atom stereocenters. The Labute approximate surface area is 102 Å². The summed E-state index contributed by atoms with van der Waals surface area (Å²) in [5.74, 6) is 1.02. The molecule has 16 heavy (non-hydrogen) atoms. The SMILES string of the molecule is CCCC1CCN(CCC(C)NCC)CC1. The van der Waals surface area contributed by atoms with Gasteiger partial charge in [0.2, 0.25) is 0 Å². The van der Waals surface area contributed by atoms with Gasteiger partial charge in [-0.1, -0.05) is 26.7 Å². The van der Waals surface area contributed by atoms with E-state index in [4.69, 9.17) is 0 Å². The summed E-state index contributed by atoms with van der Waals surface area (Å²) in [6, 6.07) is 0.679. The molecule has 0 radical (unpaired) electrons. The molecule has 0 saturated carbocycles. The molecule has 1 saturated heterocycles. The molecule has 0 spiro atoms. The first kappa shape index (κ1) is 14.0. The molecule has 0 aliphatic carbocycles. The predicted octanol–water partition coefficient (Wildman–Crippen LogP) is 2.89. The summed E-state index contributed by atoms with van der Waals surface area (Å²) in [4.78, 5) is 2.65. The van der Waals surface area contributed by atoms with Crippen molar-refractivity contribution < 1.29 is 0 Å². The van der Waals surface area contributed by atoms with Gasteiger partial charge in [-0.15, -0.1) is 0 Å². The van der Waals surface area contributed by atoms with Crippen molar-refractivity contribution in [3.8, 4) is 0 Å². The Bertz CT molecular complexity index is 162. The first-order valence-electron chi connectivity index (χ1n) is 7.22. The highest BCUT2D eigenvalue weighted by atomic mass is 15.1. The molecule has 0 aromatic rings. The van der Waals surface area contributed by atoms with E-state index in [0.29, 0.717) is 6.04 Å². The average molecular weight is 226 g/mol. The van der Waals surface area contributed by atoms with E-state index in [-0.39, 0.29) is 0 Å². The van der Waals surface area contributed by atoms with Gasteiger partial charge < -0.3 is 10.2 Å². The summed E-state index contributed by atoms with van der Waals surface area (Å²) in [5.41, 5.74) is 0.